The summed E-state index contributed by atoms with van der Waals surface area (Å²) in [6.07, 6.45) is 0. The Morgan fingerprint density at radius 2 is 2.31 bits per heavy atom. The van der Waals surface area contributed by atoms with Crippen LogP contribution in [0, 0.1) is 0 Å². The Kier molecular flexibility index (Phi) is 3.46. The lowest BCUT2D eigenvalue weighted by Crippen LogP contribution is -2.03. The Hall–Kier alpha value is -0.400. The van der Waals surface area contributed by atoms with Crippen LogP contribution in [-0.4, -0.2) is 28.0 Å². The smallest absolute Gasteiger partial charge is 0.341 e. The number of nitrogens with zero attached hydrogens (tertiary/aromatic N) is 2. The zero-order chi connectivity index (χ0) is 10.0. The van der Waals surface area contributed by atoms with Crippen molar-refractivity contribution in [3.63, 3.8) is 0 Å². The van der Waals surface area contributed by atoms with Gasteiger partial charge >= 0.3 is 5.97 Å². The molecule has 0 amide bonds. The van der Waals surface area contributed by atoms with Crippen LogP contribution in [0.15, 0.2) is 9.21 Å². The standard InChI is InChI=1S/C6H6Br2N2O3/c1-13-2-10-5(8)3(6(11)12)4(7)9-10/h2H2,1H3,(H,11,12). The average Bonchev–Trinajstić information content (AvgIpc) is 2.28. The van der Waals surface area contributed by atoms with Crippen LogP contribution in [0.4, 0.5) is 0 Å². The van der Waals surface area contributed by atoms with E-state index in [-0.39, 0.29) is 16.9 Å². The number of hydrogen-bond donors (Lipinski definition) is 1. The molecule has 0 aliphatic carbocycles. The molecule has 7 heteroatoms. The van der Waals surface area contributed by atoms with Gasteiger partial charge in [0.05, 0.1) is 0 Å². The van der Waals surface area contributed by atoms with Gasteiger partial charge in [-0.1, -0.05) is 0 Å². The molecular formula is C6H6Br2N2O3. The highest BCUT2D eigenvalue weighted by Crippen LogP contribution is 2.24. The van der Waals surface area contributed by atoms with E-state index in [0.29, 0.717) is 4.60 Å². The molecule has 1 rings (SSSR count). The molecule has 0 radical (unpaired) electrons. The third-order valence-electron chi connectivity index (χ3n) is 1.31. The number of rotatable bonds is 3. The summed E-state index contributed by atoms with van der Waals surface area (Å²) in [4.78, 5) is 10.7. The summed E-state index contributed by atoms with van der Waals surface area (Å²) >= 11 is 6.15. The number of hydrogen-bond acceptors (Lipinski definition) is 3. The number of aromatic carboxylic acids is 1. The molecule has 0 bridgehead atoms. The van der Waals surface area contributed by atoms with Crippen LogP contribution in [0.5, 0.6) is 0 Å². The summed E-state index contributed by atoms with van der Waals surface area (Å²) in [6.45, 7) is 0.201. The van der Waals surface area contributed by atoms with Crippen LogP contribution in [0.3, 0.4) is 0 Å². The third kappa shape index (κ3) is 2.09. The maximum atomic E-state index is 10.7. The van der Waals surface area contributed by atoms with E-state index in [9.17, 15) is 4.79 Å². The maximum Gasteiger partial charge on any atom is 0.341 e. The van der Waals surface area contributed by atoms with Crippen LogP contribution in [0.2, 0.25) is 0 Å². The van der Waals surface area contributed by atoms with Gasteiger partial charge in [-0.05, 0) is 31.9 Å². The minimum absolute atomic E-state index is 0.0945. The molecular weight excluding hydrogens is 308 g/mol. The van der Waals surface area contributed by atoms with Crippen LogP contribution in [0.1, 0.15) is 10.4 Å². The Morgan fingerprint density at radius 3 is 2.69 bits per heavy atom. The summed E-state index contributed by atoms with van der Waals surface area (Å²) in [5.41, 5.74) is 0.0945. The first-order chi connectivity index (χ1) is 6.07. The molecule has 1 aromatic heterocycles. The van der Waals surface area contributed by atoms with Crippen molar-refractivity contribution in [3.05, 3.63) is 14.8 Å². The number of aromatic nitrogens is 2. The van der Waals surface area contributed by atoms with Gasteiger partial charge in [0.2, 0.25) is 0 Å². The predicted octanol–water partition coefficient (Wildman–Crippen LogP) is 1.71. The molecule has 0 spiro atoms. The quantitative estimate of drug-likeness (QED) is 0.922. The second-order valence-electron chi connectivity index (χ2n) is 2.18. The summed E-state index contributed by atoms with van der Waals surface area (Å²) in [5, 5.41) is 12.7. The molecule has 5 nitrogen and oxygen atoms in total. The molecule has 1 heterocycles. The number of carboxylic acids is 1. The van der Waals surface area contributed by atoms with Gasteiger partial charge in [-0.15, -0.1) is 0 Å². The monoisotopic (exact) mass is 312 g/mol. The summed E-state index contributed by atoms with van der Waals surface area (Å²) in [6, 6.07) is 0. The van der Waals surface area contributed by atoms with Crippen molar-refractivity contribution in [1.82, 2.24) is 9.78 Å². The highest BCUT2D eigenvalue weighted by atomic mass is 79.9. The molecule has 0 aliphatic rings. The first-order valence-electron chi connectivity index (χ1n) is 3.22. The largest absolute Gasteiger partial charge is 0.477 e. The van der Waals surface area contributed by atoms with Crippen molar-refractivity contribution in [2.24, 2.45) is 0 Å². The van der Waals surface area contributed by atoms with E-state index < -0.39 is 5.97 Å². The van der Waals surface area contributed by atoms with Gasteiger partial charge in [0.25, 0.3) is 0 Å². The number of carboxylic acid groups (broad SMARTS) is 1. The molecule has 13 heavy (non-hydrogen) atoms. The van der Waals surface area contributed by atoms with Crippen LogP contribution in [0.25, 0.3) is 0 Å². The van der Waals surface area contributed by atoms with Crippen molar-refractivity contribution in [2.75, 3.05) is 7.11 Å². The molecule has 1 N–H and O–H groups in total. The lowest BCUT2D eigenvalue weighted by atomic mass is 10.4. The van der Waals surface area contributed by atoms with Crippen molar-refractivity contribution < 1.29 is 14.6 Å². The Labute approximate surface area is 90.9 Å². The van der Waals surface area contributed by atoms with Gasteiger partial charge in [-0.3, -0.25) is 0 Å². The molecule has 0 saturated carbocycles. The molecule has 0 atom stereocenters. The van der Waals surface area contributed by atoms with E-state index in [4.69, 9.17) is 9.84 Å². The second-order valence-corrected chi connectivity index (χ2v) is 3.68. The minimum atomic E-state index is -1.04. The average molecular weight is 314 g/mol. The van der Waals surface area contributed by atoms with Gasteiger partial charge in [0.1, 0.15) is 21.5 Å². The summed E-state index contributed by atoms with van der Waals surface area (Å²) in [7, 11) is 1.50. The predicted molar refractivity (Wildman–Crippen MR) is 51.6 cm³/mol. The number of carbonyl (C=O) groups is 1. The number of ether oxygens (including phenoxy) is 1. The first-order valence-corrected chi connectivity index (χ1v) is 4.80. The Balaban J connectivity index is 3.14. The molecule has 72 valence electrons. The van der Waals surface area contributed by atoms with E-state index in [1.807, 2.05) is 0 Å². The Morgan fingerprint density at radius 1 is 1.69 bits per heavy atom. The fourth-order valence-corrected chi connectivity index (χ4v) is 2.15. The van der Waals surface area contributed by atoms with Crippen molar-refractivity contribution in [2.45, 2.75) is 6.73 Å². The van der Waals surface area contributed by atoms with E-state index in [1.54, 1.807) is 0 Å². The van der Waals surface area contributed by atoms with Crippen molar-refractivity contribution in [3.8, 4) is 0 Å². The fourth-order valence-electron chi connectivity index (χ4n) is 0.798. The van der Waals surface area contributed by atoms with E-state index >= 15 is 0 Å². The van der Waals surface area contributed by atoms with Gasteiger partial charge in [-0.2, -0.15) is 5.10 Å². The van der Waals surface area contributed by atoms with Crippen LogP contribution >= 0.6 is 31.9 Å². The van der Waals surface area contributed by atoms with Gasteiger partial charge < -0.3 is 9.84 Å². The normalized spacial score (nSPS) is 10.4. The second kappa shape index (κ2) is 4.21. The van der Waals surface area contributed by atoms with E-state index in [1.165, 1.54) is 11.8 Å². The molecule has 0 saturated heterocycles. The molecule has 0 aliphatic heterocycles. The van der Waals surface area contributed by atoms with Crippen molar-refractivity contribution in [1.29, 1.82) is 0 Å². The van der Waals surface area contributed by atoms with Gasteiger partial charge in [0, 0.05) is 7.11 Å². The fraction of sp³-hybridized carbons (Fsp3) is 0.333. The molecule has 0 aromatic carbocycles. The van der Waals surface area contributed by atoms with Gasteiger partial charge in [-0.25, -0.2) is 9.48 Å². The zero-order valence-corrected chi connectivity index (χ0v) is 9.79. The van der Waals surface area contributed by atoms with E-state index in [2.05, 4.69) is 37.0 Å². The summed E-state index contributed by atoms with van der Waals surface area (Å²) < 4.78 is 6.87. The van der Waals surface area contributed by atoms with Crippen LogP contribution in [-0.2, 0) is 11.5 Å². The Bertz CT molecular complexity index is 337. The maximum absolute atomic E-state index is 10.7. The minimum Gasteiger partial charge on any atom is -0.477 e. The van der Waals surface area contributed by atoms with Crippen molar-refractivity contribution >= 4 is 37.8 Å². The SMILES string of the molecule is COCn1nc(Br)c(C(=O)O)c1Br. The third-order valence-corrected chi connectivity index (χ3v) is 2.67. The van der Waals surface area contributed by atoms with Gasteiger partial charge in [0.15, 0.2) is 0 Å². The molecule has 1 aromatic rings. The highest BCUT2D eigenvalue weighted by molar-refractivity contribution is 9.11. The zero-order valence-electron chi connectivity index (χ0n) is 6.62. The number of methoxy groups -OCH3 is 1. The topological polar surface area (TPSA) is 64.4 Å². The lowest BCUT2D eigenvalue weighted by molar-refractivity contribution is 0.0694. The molecule has 0 fully saturated rings. The van der Waals surface area contributed by atoms with Crippen LogP contribution < -0.4 is 0 Å². The summed E-state index contributed by atoms with van der Waals surface area (Å²) in [5.74, 6) is -1.04. The lowest BCUT2D eigenvalue weighted by Gasteiger charge is -1.99. The molecule has 0 unspecified atom stereocenters. The number of halogens is 2. The van der Waals surface area contributed by atoms with E-state index in [0.717, 1.165) is 0 Å². The first kappa shape index (κ1) is 10.7. The highest BCUT2D eigenvalue weighted by Gasteiger charge is 2.19.